The lowest BCUT2D eigenvalue weighted by Gasteiger charge is -2.29. The summed E-state index contributed by atoms with van der Waals surface area (Å²) in [5, 5.41) is 16.2. The van der Waals surface area contributed by atoms with Gasteiger partial charge >= 0.3 is 0 Å². The Kier molecular flexibility index (Phi) is 5.63. The number of nitro benzene ring substituents is 1. The number of nitro groups is 1. The van der Waals surface area contributed by atoms with Crippen LogP contribution in [0.15, 0.2) is 23.6 Å². The van der Waals surface area contributed by atoms with Gasteiger partial charge in [-0.05, 0) is 44.8 Å². The highest BCUT2D eigenvalue weighted by Crippen LogP contribution is 2.23. The number of thiazole rings is 1. The summed E-state index contributed by atoms with van der Waals surface area (Å²) in [5.41, 5.74) is 1.66. The van der Waals surface area contributed by atoms with E-state index in [4.69, 9.17) is 0 Å². The van der Waals surface area contributed by atoms with Crippen LogP contribution < -0.4 is 5.32 Å². The third kappa shape index (κ3) is 4.44. The van der Waals surface area contributed by atoms with Gasteiger partial charge in [-0.3, -0.25) is 25.1 Å². The van der Waals surface area contributed by atoms with Gasteiger partial charge in [0.2, 0.25) is 0 Å². The lowest BCUT2D eigenvalue weighted by molar-refractivity contribution is -0.385. The van der Waals surface area contributed by atoms with E-state index in [0.29, 0.717) is 10.7 Å². The van der Waals surface area contributed by atoms with Gasteiger partial charge in [-0.25, -0.2) is 4.98 Å². The van der Waals surface area contributed by atoms with Gasteiger partial charge in [-0.2, -0.15) is 0 Å². The number of nitrogens with one attached hydrogen (secondary N) is 1. The van der Waals surface area contributed by atoms with Gasteiger partial charge in [0.25, 0.3) is 11.6 Å². The monoisotopic (exact) mass is 374 g/mol. The Morgan fingerprint density at radius 1 is 1.42 bits per heavy atom. The molecule has 1 aliphatic rings. The van der Waals surface area contributed by atoms with Crippen LogP contribution in [0.1, 0.15) is 41.4 Å². The molecule has 7 nitrogen and oxygen atoms in total. The smallest absolute Gasteiger partial charge is 0.273 e. The van der Waals surface area contributed by atoms with Crippen LogP contribution in [0.5, 0.6) is 0 Å². The lowest BCUT2D eigenvalue weighted by Crippen LogP contribution is -2.32. The number of hydrogen-bond acceptors (Lipinski definition) is 6. The first-order valence-corrected chi connectivity index (χ1v) is 9.53. The van der Waals surface area contributed by atoms with Crippen molar-refractivity contribution in [3.8, 4) is 0 Å². The quantitative estimate of drug-likeness (QED) is 0.634. The molecule has 1 N–H and O–H groups in total. The van der Waals surface area contributed by atoms with Crippen LogP contribution in [0.2, 0.25) is 0 Å². The van der Waals surface area contributed by atoms with Gasteiger partial charge in [-0.15, -0.1) is 11.3 Å². The Morgan fingerprint density at radius 3 is 2.85 bits per heavy atom. The zero-order chi connectivity index (χ0) is 18.7. The van der Waals surface area contributed by atoms with E-state index in [1.807, 2.05) is 5.38 Å². The second-order valence-electron chi connectivity index (χ2n) is 6.82. The number of aryl methyl sites for hydroxylation is 1. The van der Waals surface area contributed by atoms with E-state index in [0.717, 1.165) is 31.2 Å². The van der Waals surface area contributed by atoms with E-state index >= 15 is 0 Å². The Labute approximate surface area is 156 Å². The summed E-state index contributed by atoms with van der Waals surface area (Å²) in [6.45, 7) is 6.87. The third-order valence-corrected chi connectivity index (χ3v) is 5.51. The minimum Gasteiger partial charge on any atom is -0.298 e. The molecule has 138 valence electrons. The number of benzene rings is 1. The number of carbonyl (C=O) groups is 1. The van der Waals surface area contributed by atoms with E-state index in [1.165, 1.54) is 30.2 Å². The minimum atomic E-state index is -0.479. The summed E-state index contributed by atoms with van der Waals surface area (Å²) in [6, 6.07) is 4.47. The van der Waals surface area contributed by atoms with Crippen molar-refractivity contribution in [3.63, 3.8) is 0 Å². The van der Waals surface area contributed by atoms with Crippen molar-refractivity contribution in [2.75, 3.05) is 18.4 Å². The van der Waals surface area contributed by atoms with E-state index < -0.39 is 4.92 Å². The number of amides is 1. The Morgan fingerprint density at radius 2 is 2.15 bits per heavy atom. The van der Waals surface area contributed by atoms with Gasteiger partial charge in [0.1, 0.15) is 0 Å². The molecule has 3 rings (SSSR count). The van der Waals surface area contributed by atoms with Crippen molar-refractivity contribution in [1.29, 1.82) is 0 Å². The van der Waals surface area contributed by atoms with Crippen LogP contribution in [0, 0.1) is 23.0 Å². The summed E-state index contributed by atoms with van der Waals surface area (Å²) in [5.74, 6) is 0.399. The number of nitrogens with zero attached hydrogens (tertiary/aromatic N) is 3. The van der Waals surface area contributed by atoms with E-state index in [2.05, 4.69) is 22.1 Å². The number of anilines is 1. The molecule has 1 amide bonds. The first-order valence-electron chi connectivity index (χ1n) is 8.65. The Balaban J connectivity index is 1.63. The summed E-state index contributed by atoms with van der Waals surface area (Å²) < 4.78 is 0. The maximum atomic E-state index is 12.4. The van der Waals surface area contributed by atoms with Crippen molar-refractivity contribution >= 4 is 28.1 Å². The highest BCUT2D eigenvalue weighted by atomic mass is 32.1. The summed E-state index contributed by atoms with van der Waals surface area (Å²) in [6.07, 6.45) is 2.42. The summed E-state index contributed by atoms with van der Waals surface area (Å²) in [4.78, 5) is 29.8. The SMILES string of the molecule is Cc1ccc(C(=O)Nc2nc(CN3CCC(C)CC3)cs2)cc1[N+](=O)[O-]. The highest BCUT2D eigenvalue weighted by Gasteiger charge is 2.18. The molecule has 1 fully saturated rings. The Hall–Kier alpha value is -2.32. The number of likely N-dealkylation sites (tertiary alicyclic amines) is 1. The third-order valence-electron chi connectivity index (χ3n) is 4.70. The molecule has 0 spiro atoms. The molecule has 2 heterocycles. The topological polar surface area (TPSA) is 88.4 Å². The number of carbonyl (C=O) groups excluding carboxylic acids is 1. The predicted octanol–water partition coefficient (Wildman–Crippen LogP) is 3.84. The summed E-state index contributed by atoms with van der Waals surface area (Å²) >= 11 is 1.37. The molecule has 0 radical (unpaired) electrons. The molecule has 1 aliphatic heterocycles. The molecule has 1 saturated heterocycles. The standard InChI is InChI=1S/C18H22N4O3S/c1-12-5-7-21(8-6-12)10-15-11-26-18(19-15)20-17(23)14-4-3-13(2)16(9-14)22(24)25/h3-4,9,11-12H,5-8,10H2,1-2H3,(H,19,20,23). The fourth-order valence-corrected chi connectivity index (χ4v) is 3.70. The van der Waals surface area contributed by atoms with Crippen LogP contribution in [-0.2, 0) is 6.54 Å². The first-order chi connectivity index (χ1) is 12.4. The van der Waals surface area contributed by atoms with Crippen LogP contribution in [-0.4, -0.2) is 33.8 Å². The van der Waals surface area contributed by atoms with E-state index in [-0.39, 0.29) is 17.2 Å². The molecular weight excluding hydrogens is 352 g/mol. The minimum absolute atomic E-state index is 0.0585. The molecule has 2 aromatic rings. The predicted molar refractivity (Wildman–Crippen MR) is 102 cm³/mol. The number of piperidine rings is 1. The number of aromatic nitrogens is 1. The van der Waals surface area contributed by atoms with Gasteiger partial charge in [-0.1, -0.05) is 13.0 Å². The van der Waals surface area contributed by atoms with Gasteiger partial charge in [0.15, 0.2) is 5.13 Å². The van der Waals surface area contributed by atoms with Crippen molar-refractivity contribution in [2.24, 2.45) is 5.92 Å². The van der Waals surface area contributed by atoms with Crippen molar-refractivity contribution < 1.29 is 9.72 Å². The fourth-order valence-electron chi connectivity index (χ4n) is 3.00. The van der Waals surface area contributed by atoms with Crippen molar-refractivity contribution in [3.05, 3.63) is 50.5 Å². The second kappa shape index (κ2) is 7.92. The average molecular weight is 374 g/mol. The van der Waals surface area contributed by atoms with Gasteiger partial charge < -0.3 is 0 Å². The van der Waals surface area contributed by atoms with E-state index in [9.17, 15) is 14.9 Å². The molecular formula is C18H22N4O3S. The molecule has 0 atom stereocenters. The molecule has 0 aliphatic carbocycles. The normalized spacial score (nSPS) is 15.8. The van der Waals surface area contributed by atoms with Crippen LogP contribution >= 0.6 is 11.3 Å². The average Bonchev–Trinajstić information content (AvgIpc) is 3.04. The largest absolute Gasteiger partial charge is 0.298 e. The molecule has 1 aromatic carbocycles. The molecule has 8 heteroatoms. The molecule has 0 saturated carbocycles. The van der Waals surface area contributed by atoms with Crippen LogP contribution in [0.4, 0.5) is 10.8 Å². The fraction of sp³-hybridized carbons (Fsp3) is 0.444. The zero-order valence-electron chi connectivity index (χ0n) is 14.9. The second-order valence-corrected chi connectivity index (χ2v) is 7.67. The molecule has 26 heavy (non-hydrogen) atoms. The van der Waals surface area contributed by atoms with E-state index in [1.54, 1.807) is 19.1 Å². The van der Waals surface area contributed by atoms with Gasteiger partial charge in [0.05, 0.1) is 10.6 Å². The van der Waals surface area contributed by atoms with Crippen molar-refractivity contribution in [2.45, 2.75) is 33.2 Å². The maximum absolute atomic E-state index is 12.4. The molecule has 0 bridgehead atoms. The summed E-state index contributed by atoms with van der Waals surface area (Å²) in [7, 11) is 0. The number of hydrogen-bond donors (Lipinski definition) is 1. The van der Waals surface area contributed by atoms with Gasteiger partial charge in [0, 0.05) is 29.1 Å². The van der Waals surface area contributed by atoms with Crippen LogP contribution in [0.25, 0.3) is 0 Å². The Bertz CT molecular complexity index is 813. The van der Waals surface area contributed by atoms with Crippen molar-refractivity contribution in [1.82, 2.24) is 9.88 Å². The molecule has 1 aromatic heterocycles. The highest BCUT2D eigenvalue weighted by molar-refractivity contribution is 7.13. The number of rotatable bonds is 5. The first kappa shape index (κ1) is 18.5. The lowest BCUT2D eigenvalue weighted by atomic mass is 9.99. The maximum Gasteiger partial charge on any atom is 0.273 e. The van der Waals surface area contributed by atoms with Crippen LogP contribution in [0.3, 0.4) is 0 Å². The molecule has 0 unspecified atom stereocenters. The zero-order valence-corrected chi connectivity index (χ0v) is 15.7.